The molecule has 0 amide bonds. The molecule has 1 rings (SSSR count). The smallest absolute Gasteiger partial charge is 0.0723 e. The van der Waals surface area contributed by atoms with Gasteiger partial charge in [0.25, 0.3) is 0 Å². The number of morpholine rings is 1. The first-order chi connectivity index (χ1) is 5.91. The lowest BCUT2D eigenvalue weighted by Crippen LogP contribution is -2.53. The van der Waals surface area contributed by atoms with Crippen molar-refractivity contribution < 1.29 is 4.74 Å². The van der Waals surface area contributed by atoms with E-state index in [2.05, 4.69) is 39.9 Å². The van der Waals surface area contributed by atoms with E-state index in [4.69, 9.17) is 4.74 Å². The van der Waals surface area contributed by atoms with Gasteiger partial charge in [-0.2, -0.15) is 0 Å². The molecular formula is C11H23NO. The molecule has 1 heterocycles. The number of hydrogen-bond acceptors (Lipinski definition) is 2. The normalized spacial score (nSPS) is 30.9. The van der Waals surface area contributed by atoms with Crippen LogP contribution in [0.15, 0.2) is 0 Å². The van der Waals surface area contributed by atoms with E-state index in [9.17, 15) is 0 Å². The Morgan fingerprint density at radius 1 is 1.31 bits per heavy atom. The van der Waals surface area contributed by atoms with Gasteiger partial charge in [0.05, 0.1) is 12.7 Å². The molecule has 0 aliphatic carbocycles. The van der Waals surface area contributed by atoms with Crippen molar-refractivity contribution in [2.45, 2.75) is 46.8 Å². The van der Waals surface area contributed by atoms with Crippen LogP contribution in [0.5, 0.6) is 0 Å². The molecular weight excluding hydrogens is 162 g/mol. The van der Waals surface area contributed by atoms with Crippen molar-refractivity contribution in [3.05, 3.63) is 0 Å². The molecule has 0 aromatic heterocycles. The summed E-state index contributed by atoms with van der Waals surface area (Å²) in [4.78, 5) is 0. The Kier molecular flexibility index (Phi) is 3.36. The molecule has 1 aliphatic rings. The van der Waals surface area contributed by atoms with Crippen molar-refractivity contribution in [2.24, 2.45) is 11.3 Å². The molecule has 2 unspecified atom stereocenters. The lowest BCUT2D eigenvalue weighted by Gasteiger charge is -2.39. The fourth-order valence-electron chi connectivity index (χ4n) is 1.58. The number of hydrogen-bond donors (Lipinski definition) is 1. The second-order valence-corrected chi connectivity index (χ2v) is 5.44. The summed E-state index contributed by atoms with van der Waals surface area (Å²) < 4.78 is 5.82. The Morgan fingerprint density at radius 3 is 2.23 bits per heavy atom. The Labute approximate surface area is 82.0 Å². The van der Waals surface area contributed by atoms with Gasteiger partial charge in [-0.1, -0.05) is 34.6 Å². The summed E-state index contributed by atoms with van der Waals surface area (Å²) >= 11 is 0. The molecule has 0 aromatic carbocycles. The molecule has 0 radical (unpaired) electrons. The van der Waals surface area contributed by atoms with Gasteiger partial charge in [0.15, 0.2) is 0 Å². The largest absolute Gasteiger partial charge is 0.375 e. The van der Waals surface area contributed by atoms with Gasteiger partial charge in [0.2, 0.25) is 0 Å². The predicted octanol–water partition coefficient (Wildman–Crippen LogP) is 2.05. The van der Waals surface area contributed by atoms with E-state index in [1.165, 1.54) is 0 Å². The third kappa shape index (κ3) is 2.96. The van der Waals surface area contributed by atoms with Gasteiger partial charge >= 0.3 is 0 Å². The van der Waals surface area contributed by atoms with Crippen LogP contribution in [0.25, 0.3) is 0 Å². The summed E-state index contributed by atoms with van der Waals surface area (Å²) in [5.41, 5.74) is 0.307. The lowest BCUT2D eigenvalue weighted by atomic mass is 9.86. The number of ether oxygens (including phenoxy) is 1. The van der Waals surface area contributed by atoms with Crippen LogP contribution in [-0.4, -0.2) is 25.3 Å². The molecule has 78 valence electrons. The third-order valence-corrected chi connectivity index (χ3v) is 2.83. The minimum atomic E-state index is 0.307. The van der Waals surface area contributed by atoms with Crippen LogP contribution in [-0.2, 0) is 4.74 Å². The van der Waals surface area contributed by atoms with Crippen LogP contribution >= 0.6 is 0 Å². The molecule has 1 fully saturated rings. The molecule has 0 spiro atoms. The van der Waals surface area contributed by atoms with Crippen molar-refractivity contribution in [1.82, 2.24) is 5.32 Å². The molecule has 13 heavy (non-hydrogen) atoms. The Balaban J connectivity index is 2.39. The molecule has 0 saturated carbocycles. The highest BCUT2D eigenvalue weighted by molar-refractivity contribution is 4.85. The predicted molar refractivity (Wildman–Crippen MR) is 55.8 cm³/mol. The number of nitrogens with one attached hydrogen (secondary N) is 1. The average molecular weight is 185 g/mol. The van der Waals surface area contributed by atoms with Gasteiger partial charge in [0.1, 0.15) is 0 Å². The SMILES string of the molecule is CC(C)C1CNC(C(C)(C)C)CO1. The second-order valence-electron chi connectivity index (χ2n) is 5.44. The summed E-state index contributed by atoms with van der Waals surface area (Å²) in [7, 11) is 0. The maximum absolute atomic E-state index is 5.82. The van der Waals surface area contributed by atoms with E-state index >= 15 is 0 Å². The highest BCUT2D eigenvalue weighted by Gasteiger charge is 2.30. The third-order valence-electron chi connectivity index (χ3n) is 2.83. The topological polar surface area (TPSA) is 21.3 Å². The van der Waals surface area contributed by atoms with E-state index in [-0.39, 0.29) is 0 Å². The standard InChI is InChI=1S/C11H23NO/c1-8(2)9-6-12-10(7-13-9)11(3,4)5/h8-10,12H,6-7H2,1-5H3. The van der Waals surface area contributed by atoms with E-state index in [0.717, 1.165) is 13.2 Å². The second kappa shape index (κ2) is 3.97. The van der Waals surface area contributed by atoms with Crippen LogP contribution < -0.4 is 5.32 Å². The van der Waals surface area contributed by atoms with Crippen LogP contribution in [0, 0.1) is 11.3 Å². The van der Waals surface area contributed by atoms with E-state index in [1.54, 1.807) is 0 Å². The zero-order valence-electron chi connectivity index (χ0n) is 9.55. The Hall–Kier alpha value is -0.0800. The fourth-order valence-corrected chi connectivity index (χ4v) is 1.58. The van der Waals surface area contributed by atoms with Crippen molar-refractivity contribution >= 4 is 0 Å². The van der Waals surface area contributed by atoms with Crippen LogP contribution in [0.2, 0.25) is 0 Å². The summed E-state index contributed by atoms with van der Waals surface area (Å²) in [5, 5.41) is 3.57. The zero-order chi connectivity index (χ0) is 10.1. The van der Waals surface area contributed by atoms with Gasteiger partial charge in [-0.15, -0.1) is 0 Å². The number of rotatable bonds is 1. The minimum Gasteiger partial charge on any atom is -0.375 e. The highest BCUT2D eigenvalue weighted by atomic mass is 16.5. The average Bonchev–Trinajstić information content (AvgIpc) is 2.03. The Morgan fingerprint density at radius 2 is 1.92 bits per heavy atom. The molecule has 1 aliphatic heterocycles. The van der Waals surface area contributed by atoms with Crippen molar-refractivity contribution in [1.29, 1.82) is 0 Å². The van der Waals surface area contributed by atoms with E-state index in [1.807, 2.05) is 0 Å². The quantitative estimate of drug-likeness (QED) is 0.675. The maximum atomic E-state index is 5.82. The highest BCUT2D eigenvalue weighted by Crippen LogP contribution is 2.23. The van der Waals surface area contributed by atoms with Crippen molar-refractivity contribution in [2.75, 3.05) is 13.2 Å². The first-order valence-electron chi connectivity index (χ1n) is 5.26. The Bertz CT molecular complexity index is 152. The molecule has 1 saturated heterocycles. The molecule has 2 atom stereocenters. The monoisotopic (exact) mass is 185 g/mol. The first kappa shape index (κ1) is 11.0. The van der Waals surface area contributed by atoms with Crippen molar-refractivity contribution in [3.63, 3.8) is 0 Å². The van der Waals surface area contributed by atoms with Crippen LogP contribution in [0.3, 0.4) is 0 Å². The molecule has 2 heteroatoms. The van der Waals surface area contributed by atoms with Gasteiger partial charge in [-0.05, 0) is 11.3 Å². The fraction of sp³-hybridized carbons (Fsp3) is 1.00. The first-order valence-corrected chi connectivity index (χ1v) is 5.26. The van der Waals surface area contributed by atoms with Gasteiger partial charge in [0, 0.05) is 12.6 Å². The van der Waals surface area contributed by atoms with Crippen LogP contribution in [0.4, 0.5) is 0 Å². The minimum absolute atomic E-state index is 0.307. The molecule has 0 aromatic rings. The molecule has 2 nitrogen and oxygen atoms in total. The van der Waals surface area contributed by atoms with E-state index < -0.39 is 0 Å². The summed E-state index contributed by atoms with van der Waals surface area (Å²) in [6, 6.07) is 0.502. The van der Waals surface area contributed by atoms with Crippen LogP contribution in [0.1, 0.15) is 34.6 Å². The molecule has 1 N–H and O–H groups in total. The lowest BCUT2D eigenvalue weighted by molar-refractivity contribution is -0.0419. The van der Waals surface area contributed by atoms with Crippen molar-refractivity contribution in [3.8, 4) is 0 Å². The molecule has 0 bridgehead atoms. The zero-order valence-corrected chi connectivity index (χ0v) is 9.55. The summed E-state index contributed by atoms with van der Waals surface area (Å²) in [5.74, 6) is 0.619. The maximum Gasteiger partial charge on any atom is 0.0723 e. The van der Waals surface area contributed by atoms with E-state index in [0.29, 0.717) is 23.5 Å². The van der Waals surface area contributed by atoms with Gasteiger partial charge < -0.3 is 10.1 Å². The van der Waals surface area contributed by atoms with Gasteiger partial charge in [-0.3, -0.25) is 0 Å². The van der Waals surface area contributed by atoms with Gasteiger partial charge in [-0.25, -0.2) is 0 Å². The summed E-state index contributed by atoms with van der Waals surface area (Å²) in [6.45, 7) is 13.0. The summed E-state index contributed by atoms with van der Waals surface area (Å²) in [6.07, 6.45) is 0.401.